The largest absolute Gasteiger partial charge is 0.318 e. The van der Waals surface area contributed by atoms with Crippen LogP contribution in [0.25, 0.3) is 0 Å². The van der Waals surface area contributed by atoms with Crippen LogP contribution in [0.3, 0.4) is 0 Å². The molecule has 3 heteroatoms. The molecule has 16 heavy (non-hydrogen) atoms. The van der Waals surface area contributed by atoms with E-state index in [1.807, 2.05) is 12.3 Å². The third kappa shape index (κ3) is 2.01. The van der Waals surface area contributed by atoms with E-state index in [1.54, 1.807) is 11.3 Å². The van der Waals surface area contributed by atoms with Gasteiger partial charge in [0.2, 0.25) is 0 Å². The Balaban J connectivity index is 2.45. The normalized spacial score (nSPS) is 12.8. The molecule has 0 bridgehead atoms. The van der Waals surface area contributed by atoms with Crippen LogP contribution in [0.4, 0.5) is 0 Å². The Morgan fingerprint density at radius 1 is 1.19 bits per heavy atom. The fraction of sp³-hybridized carbons (Fsp3) is 0.308. The molecule has 1 atom stereocenters. The Bertz CT molecular complexity index is 482. The van der Waals surface area contributed by atoms with Crippen molar-refractivity contribution < 1.29 is 0 Å². The van der Waals surface area contributed by atoms with Gasteiger partial charge in [0.05, 0.1) is 6.04 Å². The molecule has 1 unspecified atom stereocenters. The van der Waals surface area contributed by atoms with Gasteiger partial charge in [-0.25, -0.2) is 4.98 Å². The summed E-state index contributed by atoms with van der Waals surface area (Å²) < 4.78 is 0. The minimum Gasteiger partial charge on any atom is -0.318 e. The van der Waals surface area contributed by atoms with Crippen LogP contribution >= 0.6 is 11.3 Å². The summed E-state index contributed by atoms with van der Waals surface area (Å²) in [5.74, 6) is 0. The van der Waals surface area contributed by atoms with Crippen molar-refractivity contribution in [1.82, 2.24) is 4.98 Å². The average molecular weight is 232 g/mol. The number of thiazole rings is 1. The SMILES string of the molecule is Cc1csc(C(N)c2c(C)cccc2C)n1. The van der Waals surface area contributed by atoms with E-state index in [1.165, 1.54) is 16.7 Å². The molecule has 0 radical (unpaired) electrons. The van der Waals surface area contributed by atoms with Gasteiger partial charge in [-0.1, -0.05) is 18.2 Å². The van der Waals surface area contributed by atoms with Gasteiger partial charge in [-0.05, 0) is 37.5 Å². The van der Waals surface area contributed by atoms with Gasteiger partial charge < -0.3 is 5.73 Å². The second-order valence-corrected chi connectivity index (χ2v) is 5.00. The van der Waals surface area contributed by atoms with Crippen molar-refractivity contribution in [3.8, 4) is 0 Å². The van der Waals surface area contributed by atoms with Gasteiger partial charge in [0.1, 0.15) is 5.01 Å². The van der Waals surface area contributed by atoms with Crippen LogP contribution in [-0.4, -0.2) is 4.98 Å². The van der Waals surface area contributed by atoms with Crippen molar-refractivity contribution in [1.29, 1.82) is 0 Å². The monoisotopic (exact) mass is 232 g/mol. The first kappa shape index (κ1) is 11.3. The molecule has 2 rings (SSSR count). The summed E-state index contributed by atoms with van der Waals surface area (Å²) in [5.41, 5.74) is 11.0. The van der Waals surface area contributed by atoms with Crippen LogP contribution in [-0.2, 0) is 0 Å². The highest BCUT2D eigenvalue weighted by atomic mass is 32.1. The van der Waals surface area contributed by atoms with Crippen LogP contribution in [0.15, 0.2) is 23.6 Å². The zero-order chi connectivity index (χ0) is 11.7. The number of rotatable bonds is 2. The summed E-state index contributed by atoms with van der Waals surface area (Å²) >= 11 is 1.63. The highest BCUT2D eigenvalue weighted by Gasteiger charge is 2.16. The van der Waals surface area contributed by atoms with Crippen molar-refractivity contribution in [2.75, 3.05) is 0 Å². The Morgan fingerprint density at radius 2 is 1.81 bits per heavy atom. The molecule has 0 saturated heterocycles. The number of aromatic nitrogens is 1. The molecule has 0 fully saturated rings. The van der Waals surface area contributed by atoms with Crippen LogP contribution < -0.4 is 5.73 Å². The lowest BCUT2D eigenvalue weighted by Gasteiger charge is -2.15. The number of benzene rings is 1. The lowest BCUT2D eigenvalue weighted by molar-refractivity contribution is 0.835. The summed E-state index contributed by atoms with van der Waals surface area (Å²) in [6.45, 7) is 6.20. The van der Waals surface area contributed by atoms with Crippen molar-refractivity contribution in [2.45, 2.75) is 26.8 Å². The number of hydrogen-bond donors (Lipinski definition) is 1. The summed E-state index contributed by atoms with van der Waals surface area (Å²) in [7, 11) is 0. The molecule has 1 aromatic carbocycles. The molecule has 2 aromatic rings. The summed E-state index contributed by atoms with van der Waals surface area (Å²) in [4.78, 5) is 4.46. The van der Waals surface area contributed by atoms with Gasteiger partial charge in [-0.15, -0.1) is 11.3 Å². The zero-order valence-corrected chi connectivity index (χ0v) is 10.6. The van der Waals surface area contributed by atoms with Crippen LogP contribution in [0.1, 0.15) is 33.4 Å². The smallest absolute Gasteiger partial charge is 0.114 e. The predicted octanol–water partition coefficient (Wildman–Crippen LogP) is 3.12. The lowest BCUT2D eigenvalue weighted by atomic mass is 9.97. The fourth-order valence-electron chi connectivity index (χ4n) is 1.96. The Labute approximate surface area is 100 Å². The van der Waals surface area contributed by atoms with Crippen LogP contribution in [0.2, 0.25) is 0 Å². The number of nitrogens with zero attached hydrogens (tertiary/aromatic N) is 1. The number of aryl methyl sites for hydroxylation is 3. The lowest BCUT2D eigenvalue weighted by Crippen LogP contribution is -2.14. The van der Waals surface area contributed by atoms with E-state index in [-0.39, 0.29) is 6.04 Å². The molecule has 0 aliphatic rings. The van der Waals surface area contributed by atoms with Gasteiger partial charge in [0.25, 0.3) is 0 Å². The average Bonchev–Trinajstić information content (AvgIpc) is 2.64. The summed E-state index contributed by atoms with van der Waals surface area (Å²) in [5, 5.41) is 3.04. The molecule has 0 saturated carbocycles. The van der Waals surface area contributed by atoms with Crippen LogP contribution in [0, 0.1) is 20.8 Å². The van der Waals surface area contributed by atoms with E-state index >= 15 is 0 Å². The predicted molar refractivity (Wildman–Crippen MR) is 68.8 cm³/mol. The number of hydrogen-bond acceptors (Lipinski definition) is 3. The van der Waals surface area contributed by atoms with Gasteiger partial charge in [-0.2, -0.15) is 0 Å². The topological polar surface area (TPSA) is 38.9 Å². The van der Waals surface area contributed by atoms with E-state index in [0.717, 1.165) is 10.7 Å². The first-order valence-electron chi connectivity index (χ1n) is 5.33. The molecule has 0 spiro atoms. The zero-order valence-electron chi connectivity index (χ0n) is 9.82. The minimum atomic E-state index is -0.0973. The van der Waals surface area contributed by atoms with Gasteiger partial charge in [-0.3, -0.25) is 0 Å². The Hall–Kier alpha value is -1.19. The Morgan fingerprint density at radius 3 is 2.31 bits per heavy atom. The first-order chi connectivity index (χ1) is 7.59. The maximum absolute atomic E-state index is 6.28. The second-order valence-electron chi connectivity index (χ2n) is 4.11. The third-order valence-corrected chi connectivity index (χ3v) is 3.80. The molecule has 2 nitrogen and oxygen atoms in total. The summed E-state index contributed by atoms with van der Waals surface area (Å²) in [6.07, 6.45) is 0. The van der Waals surface area contributed by atoms with E-state index < -0.39 is 0 Å². The molecule has 0 aliphatic carbocycles. The maximum atomic E-state index is 6.28. The highest BCUT2D eigenvalue weighted by molar-refractivity contribution is 7.09. The molecular formula is C13H16N2S. The van der Waals surface area contributed by atoms with Crippen LogP contribution in [0.5, 0.6) is 0 Å². The minimum absolute atomic E-state index is 0.0973. The molecule has 2 N–H and O–H groups in total. The quantitative estimate of drug-likeness (QED) is 0.864. The molecule has 0 aliphatic heterocycles. The van der Waals surface area contributed by atoms with Gasteiger partial charge >= 0.3 is 0 Å². The van der Waals surface area contributed by atoms with Crippen molar-refractivity contribution in [3.63, 3.8) is 0 Å². The van der Waals surface area contributed by atoms with Gasteiger partial charge in [0.15, 0.2) is 0 Å². The molecular weight excluding hydrogens is 216 g/mol. The van der Waals surface area contributed by atoms with E-state index in [2.05, 4.69) is 37.0 Å². The fourth-order valence-corrected chi connectivity index (χ4v) is 2.76. The van der Waals surface area contributed by atoms with Crippen molar-refractivity contribution in [3.05, 3.63) is 51.0 Å². The van der Waals surface area contributed by atoms with Gasteiger partial charge in [0, 0.05) is 11.1 Å². The van der Waals surface area contributed by atoms with E-state index in [0.29, 0.717) is 0 Å². The number of nitrogens with two attached hydrogens (primary N) is 1. The molecule has 84 valence electrons. The molecule has 0 amide bonds. The van der Waals surface area contributed by atoms with Crippen molar-refractivity contribution in [2.24, 2.45) is 5.73 Å². The molecule has 1 aromatic heterocycles. The first-order valence-corrected chi connectivity index (χ1v) is 6.21. The maximum Gasteiger partial charge on any atom is 0.114 e. The standard InChI is InChI=1S/C13H16N2S/c1-8-5-4-6-9(2)11(8)12(14)13-15-10(3)7-16-13/h4-7,12H,14H2,1-3H3. The highest BCUT2D eigenvalue weighted by Crippen LogP contribution is 2.27. The molecule has 1 heterocycles. The third-order valence-electron chi connectivity index (χ3n) is 2.76. The summed E-state index contributed by atoms with van der Waals surface area (Å²) in [6, 6.07) is 6.17. The Kier molecular flexibility index (Phi) is 3.08. The van der Waals surface area contributed by atoms with E-state index in [9.17, 15) is 0 Å². The van der Waals surface area contributed by atoms with E-state index in [4.69, 9.17) is 5.73 Å². The second kappa shape index (κ2) is 4.36. The van der Waals surface area contributed by atoms with Crippen molar-refractivity contribution >= 4 is 11.3 Å².